The normalized spacial score (nSPS) is 11.8. The van der Waals surface area contributed by atoms with E-state index >= 15 is 0 Å². The smallest absolute Gasteiger partial charge is 0.319 e. The third kappa shape index (κ3) is 81.8. The fraction of sp³-hybridized carbons (Fsp3) is 0.946. The zero-order valence-corrected chi connectivity index (χ0v) is 64.4. The molecule has 0 aromatic carbocycles. The summed E-state index contributed by atoms with van der Waals surface area (Å²) in [6, 6.07) is 0. The van der Waals surface area contributed by atoms with Crippen molar-refractivity contribution in [3.05, 3.63) is 0 Å². The van der Waals surface area contributed by atoms with Crippen LogP contribution in [0.3, 0.4) is 0 Å². The summed E-state index contributed by atoms with van der Waals surface area (Å²) in [5.41, 5.74) is -1.51. The molecule has 4 N–H and O–H groups in total. The topological polar surface area (TPSA) is 353 Å². The molecule has 0 radical (unpaired) electrons. The Bertz CT molecular complexity index is 1740. The highest BCUT2D eigenvalue weighted by molar-refractivity contribution is 6.01. The molecule has 31 heteroatoms. The zero-order chi connectivity index (χ0) is 75.9. The van der Waals surface area contributed by atoms with Crippen molar-refractivity contribution in [2.24, 2.45) is 5.41 Å². The maximum Gasteiger partial charge on any atom is 0.319 e. The van der Waals surface area contributed by atoms with E-state index in [2.05, 4.69) is 12.2 Å². The Morgan fingerprint density at radius 3 is 0.533 bits per heavy atom. The summed E-state index contributed by atoms with van der Waals surface area (Å²) >= 11 is 0. The third-order valence-electron chi connectivity index (χ3n) is 15.4. The van der Waals surface area contributed by atoms with Crippen molar-refractivity contribution in [3.8, 4) is 0 Å². The summed E-state index contributed by atoms with van der Waals surface area (Å²) in [5, 5.41) is 30.9. The second kappa shape index (κ2) is 88.2. The number of carboxylic acids is 3. The summed E-state index contributed by atoms with van der Waals surface area (Å²) in [4.78, 5) is 47.8. The maximum atomic E-state index is 13.6. The van der Waals surface area contributed by atoms with E-state index in [9.17, 15) is 24.3 Å². The Labute approximate surface area is 628 Å². The highest BCUT2D eigenvalue weighted by Gasteiger charge is 2.44. The first-order valence-corrected chi connectivity index (χ1v) is 39.0. The lowest BCUT2D eigenvalue weighted by Gasteiger charge is -2.28. The lowest BCUT2D eigenvalue weighted by molar-refractivity contribution is -0.157. The molecule has 0 aliphatic rings. The van der Waals surface area contributed by atoms with Crippen LogP contribution < -0.4 is 5.32 Å². The molecule has 624 valence electrons. The Morgan fingerprint density at radius 1 is 0.219 bits per heavy atom. The highest BCUT2D eigenvalue weighted by atomic mass is 16.6. The van der Waals surface area contributed by atoms with Crippen LogP contribution >= 0.6 is 0 Å². The zero-order valence-electron chi connectivity index (χ0n) is 64.4. The second-order valence-corrected chi connectivity index (χ2v) is 24.2. The van der Waals surface area contributed by atoms with Crippen LogP contribution in [0.5, 0.6) is 0 Å². The van der Waals surface area contributed by atoms with E-state index in [0.717, 1.165) is 90.1 Å². The molecule has 1 amide bonds. The van der Waals surface area contributed by atoms with Crippen molar-refractivity contribution in [1.82, 2.24) is 5.32 Å². The van der Waals surface area contributed by atoms with Gasteiger partial charge in [0, 0.05) is 26.0 Å². The number of aliphatic carboxylic acids is 3. The van der Waals surface area contributed by atoms with Crippen molar-refractivity contribution >= 4 is 23.8 Å². The average Bonchev–Trinajstić information content (AvgIpc) is 0.819. The SMILES string of the molecule is CCCOCCOCCOCCOCCOCCOCCOCCOCCOCCOCCOCCOCCOCCOCCOCCOCCOCCOCCOCCOCCOCCOCCOCCNC(=O)C(CCCCCCCCCCC(=O)O)(CCCCCCCCCCC(=O)O)C(=O)O. The standard InChI is InChI=1S/C74H143NO30/c1-2-24-83-26-28-85-30-32-87-34-36-89-38-40-91-42-44-93-46-48-95-50-52-97-54-56-99-58-60-101-62-64-103-66-68-105-69-67-104-65-63-102-61-59-100-57-55-98-53-51-96-49-47-94-45-43-92-41-39-90-37-35-88-33-31-86-29-27-84-25-23-75-72(80)74(73(81)82,21-17-13-9-5-3-7-11-15-19-70(76)77)22-18-14-10-6-4-8-12-16-20-71(78)79/h2-69H2,1H3,(H,75,80)(H,76,77)(H,78,79)(H,81,82). The molecule has 0 spiro atoms. The fourth-order valence-electron chi connectivity index (χ4n) is 9.68. The quantitative estimate of drug-likeness (QED) is 0.0354. The largest absolute Gasteiger partial charge is 0.481 e. The molecule has 0 rings (SSSR count). The second-order valence-electron chi connectivity index (χ2n) is 24.2. The number of unbranched alkanes of at least 4 members (excludes halogenated alkanes) is 14. The molecule has 105 heavy (non-hydrogen) atoms. The number of amides is 1. The van der Waals surface area contributed by atoms with Gasteiger partial charge in [0.05, 0.1) is 297 Å². The van der Waals surface area contributed by atoms with Crippen LogP contribution in [0.4, 0.5) is 0 Å². The van der Waals surface area contributed by atoms with Gasteiger partial charge in [-0.05, 0) is 32.1 Å². The molecule has 0 unspecified atom stereocenters. The van der Waals surface area contributed by atoms with Crippen molar-refractivity contribution in [1.29, 1.82) is 0 Å². The number of carbonyl (C=O) groups excluding carboxylic acids is 1. The van der Waals surface area contributed by atoms with E-state index in [1.54, 1.807) is 0 Å². The maximum absolute atomic E-state index is 13.6. The molecule has 0 saturated carbocycles. The third-order valence-corrected chi connectivity index (χ3v) is 15.4. The number of carbonyl (C=O) groups is 4. The molecule has 0 aliphatic carbocycles. The molecule has 0 fully saturated rings. The molecule has 0 bridgehead atoms. The van der Waals surface area contributed by atoms with E-state index in [-0.39, 0.29) is 38.8 Å². The van der Waals surface area contributed by atoms with Crippen LogP contribution in [0.25, 0.3) is 0 Å². The first-order valence-electron chi connectivity index (χ1n) is 39.0. The Morgan fingerprint density at radius 2 is 0.371 bits per heavy atom. The van der Waals surface area contributed by atoms with Gasteiger partial charge >= 0.3 is 17.9 Å². The highest BCUT2D eigenvalue weighted by Crippen LogP contribution is 2.33. The van der Waals surface area contributed by atoms with Crippen LogP contribution in [0.2, 0.25) is 0 Å². The molecule has 0 heterocycles. The number of hydrogen-bond acceptors (Lipinski definition) is 27. The van der Waals surface area contributed by atoms with Crippen LogP contribution in [0.15, 0.2) is 0 Å². The van der Waals surface area contributed by atoms with E-state index in [1.807, 2.05) is 0 Å². The van der Waals surface area contributed by atoms with Crippen molar-refractivity contribution in [2.75, 3.05) is 310 Å². The van der Waals surface area contributed by atoms with Crippen LogP contribution in [0, 0.1) is 5.41 Å². The molecule has 0 aromatic rings. The Kier molecular flexibility index (Phi) is 85.6. The van der Waals surface area contributed by atoms with Gasteiger partial charge in [0.1, 0.15) is 5.41 Å². The molecule has 0 aromatic heterocycles. The summed E-state index contributed by atoms with van der Waals surface area (Å²) in [7, 11) is 0. The molecule has 0 aliphatic heterocycles. The van der Waals surface area contributed by atoms with Crippen molar-refractivity contribution in [3.63, 3.8) is 0 Å². The molecule has 0 saturated heterocycles. The molecule has 0 atom stereocenters. The van der Waals surface area contributed by atoms with E-state index in [0.29, 0.717) is 316 Å². The minimum atomic E-state index is -1.51. The Hall–Kier alpha value is -3.04. The number of rotatable bonds is 95. The summed E-state index contributed by atoms with van der Waals surface area (Å²) in [6.07, 6.45) is 15.8. The average molecular weight is 1530 g/mol. The van der Waals surface area contributed by atoms with Gasteiger partial charge in [-0.15, -0.1) is 0 Å². The van der Waals surface area contributed by atoms with Crippen LogP contribution in [-0.4, -0.2) is 350 Å². The first-order chi connectivity index (χ1) is 51.8. The van der Waals surface area contributed by atoms with Gasteiger partial charge in [0.15, 0.2) is 0 Å². The lowest BCUT2D eigenvalue weighted by Crippen LogP contribution is -2.47. The number of carboxylic acid groups (broad SMARTS) is 3. The molecular weight excluding hydrogens is 1380 g/mol. The van der Waals surface area contributed by atoms with Gasteiger partial charge in [-0.3, -0.25) is 19.2 Å². The Balaban J connectivity index is 3.47. The summed E-state index contributed by atoms with van der Waals surface area (Å²) in [6.45, 7) is 24.0. The van der Waals surface area contributed by atoms with E-state index in [4.69, 9.17) is 119 Å². The van der Waals surface area contributed by atoms with Crippen LogP contribution in [0.1, 0.15) is 142 Å². The van der Waals surface area contributed by atoms with Gasteiger partial charge in [0.25, 0.3) is 0 Å². The van der Waals surface area contributed by atoms with E-state index < -0.39 is 29.2 Å². The monoisotopic (exact) mass is 1530 g/mol. The van der Waals surface area contributed by atoms with Crippen LogP contribution in [-0.2, 0) is 128 Å². The summed E-state index contributed by atoms with van der Waals surface area (Å²) < 4.78 is 127. The molecule has 31 nitrogen and oxygen atoms in total. The van der Waals surface area contributed by atoms with Gasteiger partial charge in [-0.25, -0.2) is 0 Å². The van der Waals surface area contributed by atoms with Crippen molar-refractivity contribution < 1.29 is 143 Å². The minimum absolute atomic E-state index is 0.183. The minimum Gasteiger partial charge on any atom is -0.481 e. The number of ether oxygens (including phenoxy) is 23. The fourth-order valence-corrected chi connectivity index (χ4v) is 9.68. The lowest BCUT2D eigenvalue weighted by atomic mass is 9.76. The molecular formula is C74H143NO30. The van der Waals surface area contributed by atoms with Gasteiger partial charge in [-0.2, -0.15) is 0 Å². The number of nitrogens with one attached hydrogen (secondary N) is 1. The predicted molar refractivity (Wildman–Crippen MR) is 390 cm³/mol. The van der Waals surface area contributed by atoms with E-state index in [1.165, 1.54) is 0 Å². The number of hydrogen-bond donors (Lipinski definition) is 4. The van der Waals surface area contributed by atoms with Crippen molar-refractivity contribution in [2.45, 2.75) is 142 Å². The van der Waals surface area contributed by atoms with Gasteiger partial charge < -0.3 is 130 Å². The predicted octanol–water partition coefficient (Wildman–Crippen LogP) is 6.94. The summed E-state index contributed by atoms with van der Waals surface area (Å²) in [5.74, 6) is -3.12. The first kappa shape index (κ1) is 102. The van der Waals surface area contributed by atoms with Gasteiger partial charge in [-0.1, -0.05) is 96.8 Å². The van der Waals surface area contributed by atoms with Gasteiger partial charge in [0.2, 0.25) is 5.91 Å².